The fourth-order valence-corrected chi connectivity index (χ4v) is 1.85. The first-order chi connectivity index (χ1) is 10.7. The summed E-state index contributed by atoms with van der Waals surface area (Å²) in [6.07, 6.45) is 1.24. The third kappa shape index (κ3) is 4.68. The summed E-state index contributed by atoms with van der Waals surface area (Å²) in [6.45, 7) is 5.13. The highest BCUT2D eigenvalue weighted by Gasteiger charge is 2.14. The predicted octanol–water partition coefficient (Wildman–Crippen LogP) is 2.25. The summed E-state index contributed by atoms with van der Waals surface area (Å²) in [7, 11) is 0. The molecule has 0 radical (unpaired) electrons. The molecule has 1 aromatic heterocycles. The first-order valence-corrected chi connectivity index (χ1v) is 7.32. The van der Waals surface area contributed by atoms with Crippen molar-refractivity contribution in [2.75, 3.05) is 25.1 Å². The normalized spacial score (nSPS) is 12.1. The highest BCUT2D eigenvalue weighted by atomic mass is 16.5. The number of anilines is 1. The Morgan fingerprint density at radius 1 is 1.27 bits per heavy atom. The Bertz CT molecular complexity index is 583. The number of ether oxygens (including phenoxy) is 2. The maximum Gasteiger partial charge on any atom is 0.254 e. The molecule has 1 amide bonds. The minimum atomic E-state index is -0.553. The van der Waals surface area contributed by atoms with Gasteiger partial charge in [-0.05, 0) is 26.0 Å². The van der Waals surface area contributed by atoms with Gasteiger partial charge in [0.15, 0.2) is 5.82 Å². The average Bonchev–Trinajstić information content (AvgIpc) is 3.00. The summed E-state index contributed by atoms with van der Waals surface area (Å²) in [5, 5.41) is 7.05. The van der Waals surface area contributed by atoms with Crippen LogP contribution >= 0.6 is 0 Å². The second-order valence-corrected chi connectivity index (χ2v) is 4.68. The number of hydrogen-bond donors (Lipinski definition) is 1. The largest absolute Gasteiger partial charge is 0.379 e. The van der Waals surface area contributed by atoms with Gasteiger partial charge in [-0.3, -0.25) is 4.79 Å². The quantitative estimate of drug-likeness (QED) is 0.760. The maximum absolute atomic E-state index is 12.0. The lowest BCUT2D eigenvalue weighted by Gasteiger charge is -2.12. The van der Waals surface area contributed by atoms with Gasteiger partial charge >= 0.3 is 0 Å². The van der Waals surface area contributed by atoms with Crippen molar-refractivity contribution in [2.24, 2.45) is 0 Å². The second kappa shape index (κ2) is 8.31. The third-order valence-electron chi connectivity index (χ3n) is 3.03. The van der Waals surface area contributed by atoms with Crippen LogP contribution in [0, 0.1) is 0 Å². The van der Waals surface area contributed by atoms with E-state index in [1.165, 1.54) is 0 Å². The molecule has 2 rings (SSSR count). The summed E-state index contributed by atoms with van der Waals surface area (Å²) in [5.41, 5.74) is 0.934. The van der Waals surface area contributed by atoms with E-state index in [1.54, 1.807) is 23.9 Å². The SMILES string of the molecule is CCOCCO[C@@H](C)C(=O)Nc1ccn(-c2ccccc2)n1. The molecule has 1 atom stereocenters. The third-order valence-corrected chi connectivity index (χ3v) is 3.03. The van der Waals surface area contributed by atoms with E-state index in [-0.39, 0.29) is 5.91 Å². The number of nitrogens with zero attached hydrogens (tertiary/aromatic N) is 2. The molecule has 0 spiro atoms. The monoisotopic (exact) mass is 303 g/mol. The number of nitrogens with one attached hydrogen (secondary N) is 1. The predicted molar refractivity (Wildman–Crippen MR) is 84.1 cm³/mol. The Hall–Kier alpha value is -2.18. The number of rotatable bonds is 8. The summed E-state index contributed by atoms with van der Waals surface area (Å²) >= 11 is 0. The molecule has 1 heterocycles. The number of aromatic nitrogens is 2. The molecule has 22 heavy (non-hydrogen) atoms. The van der Waals surface area contributed by atoms with E-state index in [9.17, 15) is 4.79 Å². The lowest BCUT2D eigenvalue weighted by atomic mass is 10.3. The molecule has 0 saturated carbocycles. The Balaban J connectivity index is 1.86. The van der Waals surface area contributed by atoms with Crippen LogP contribution in [-0.2, 0) is 14.3 Å². The molecule has 0 fully saturated rings. The summed E-state index contributed by atoms with van der Waals surface area (Å²) in [4.78, 5) is 12.0. The van der Waals surface area contributed by atoms with Crippen LogP contribution in [0.1, 0.15) is 13.8 Å². The summed E-state index contributed by atoms with van der Waals surface area (Å²) in [6, 6.07) is 11.4. The van der Waals surface area contributed by atoms with E-state index >= 15 is 0 Å². The number of carbonyl (C=O) groups is 1. The van der Waals surface area contributed by atoms with E-state index in [0.29, 0.717) is 25.6 Å². The Kier molecular flexibility index (Phi) is 6.12. The first kappa shape index (κ1) is 16.2. The van der Waals surface area contributed by atoms with E-state index in [4.69, 9.17) is 9.47 Å². The molecule has 0 aliphatic carbocycles. The molecule has 6 nitrogen and oxygen atoms in total. The summed E-state index contributed by atoms with van der Waals surface area (Å²) < 4.78 is 12.3. The van der Waals surface area contributed by atoms with Gasteiger partial charge in [-0.1, -0.05) is 18.2 Å². The van der Waals surface area contributed by atoms with Crippen LogP contribution in [0.5, 0.6) is 0 Å². The molecular formula is C16H21N3O3. The van der Waals surface area contributed by atoms with E-state index < -0.39 is 6.10 Å². The highest BCUT2D eigenvalue weighted by molar-refractivity contribution is 5.93. The number of benzene rings is 1. The van der Waals surface area contributed by atoms with E-state index in [2.05, 4.69) is 10.4 Å². The topological polar surface area (TPSA) is 65.4 Å². The Morgan fingerprint density at radius 2 is 2.05 bits per heavy atom. The van der Waals surface area contributed by atoms with Crippen LogP contribution in [0.2, 0.25) is 0 Å². The molecule has 0 aliphatic heterocycles. The van der Waals surface area contributed by atoms with E-state index in [0.717, 1.165) is 5.69 Å². The molecule has 1 N–H and O–H groups in total. The molecular weight excluding hydrogens is 282 g/mol. The van der Waals surface area contributed by atoms with E-state index in [1.807, 2.05) is 37.3 Å². The molecule has 2 aromatic rings. The van der Waals surface area contributed by atoms with Gasteiger partial charge in [0.25, 0.3) is 5.91 Å². The summed E-state index contributed by atoms with van der Waals surface area (Å²) in [5.74, 6) is 0.268. The fraction of sp³-hybridized carbons (Fsp3) is 0.375. The maximum atomic E-state index is 12.0. The first-order valence-electron chi connectivity index (χ1n) is 7.32. The zero-order valence-electron chi connectivity index (χ0n) is 12.9. The van der Waals surface area contributed by atoms with Crippen molar-refractivity contribution in [3.63, 3.8) is 0 Å². The molecule has 118 valence electrons. The Labute approximate surface area is 130 Å². The van der Waals surface area contributed by atoms with Crippen LogP contribution in [0.25, 0.3) is 5.69 Å². The second-order valence-electron chi connectivity index (χ2n) is 4.68. The number of hydrogen-bond acceptors (Lipinski definition) is 4. The zero-order chi connectivity index (χ0) is 15.8. The van der Waals surface area contributed by atoms with Gasteiger partial charge < -0.3 is 14.8 Å². The van der Waals surface area contributed by atoms with Crippen molar-refractivity contribution in [3.05, 3.63) is 42.6 Å². The van der Waals surface area contributed by atoms with Gasteiger partial charge in [0.2, 0.25) is 0 Å². The molecule has 0 aliphatic rings. The minimum absolute atomic E-state index is 0.227. The minimum Gasteiger partial charge on any atom is -0.379 e. The zero-order valence-corrected chi connectivity index (χ0v) is 12.9. The molecule has 0 saturated heterocycles. The average molecular weight is 303 g/mol. The fourth-order valence-electron chi connectivity index (χ4n) is 1.85. The number of para-hydroxylation sites is 1. The van der Waals surface area contributed by atoms with Crippen LogP contribution < -0.4 is 5.32 Å². The van der Waals surface area contributed by atoms with Crippen molar-refractivity contribution in [1.82, 2.24) is 9.78 Å². The highest BCUT2D eigenvalue weighted by Crippen LogP contribution is 2.10. The van der Waals surface area contributed by atoms with Gasteiger partial charge in [-0.2, -0.15) is 5.10 Å². The number of amides is 1. The standard InChI is InChI=1S/C16H21N3O3/c1-3-21-11-12-22-13(2)16(20)17-15-9-10-19(18-15)14-7-5-4-6-8-14/h4-10,13H,3,11-12H2,1-2H3,(H,17,18,20)/t13-/m0/s1. The lowest BCUT2D eigenvalue weighted by molar-refractivity contribution is -0.127. The molecule has 0 unspecified atom stereocenters. The van der Waals surface area contributed by atoms with Crippen LogP contribution in [-0.4, -0.2) is 41.6 Å². The van der Waals surface area contributed by atoms with Gasteiger partial charge in [0.05, 0.1) is 18.9 Å². The lowest BCUT2D eigenvalue weighted by Crippen LogP contribution is -2.29. The van der Waals surface area contributed by atoms with Gasteiger partial charge in [0, 0.05) is 18.9 Å². The van der Waals surface area contributed by atoms with Crippen LogP contribution in [0.4, 0.5) is 5.82 Å². The van der Waals surface area contributed by atoms with Crippen LogP contribution in [0.3, 0.4) is 0 Å². The number of carbonyl (C=O) groups excluding carboxylic acids is 1. The van der Waals surface area contributed by atoms with Crippen molar-refractivity contribution in [3.8, 4) is 5.69 Å². The molecule has 1 aromatic carbocycles. The smallest absolute Gasteiger partial charge is 0.254 e. The van der Waals surface area contributed by atoms with Gasteiger partial charge in [0.1, 0.15) is 6.10 Å². The van der Waals surface area contributed by atoms with Crippen molar-refractivity contribution in [1.29, 1.82) is 0 Å². The van der Waals surface area contributed by atoms with Crippen molar-refractivity contribution < 1.29 is 14.3 Å². The van der Waals surface area contributed by atoms with Gasteiger partial charge in [-0.15, -0.1) is 0 Å². The molecule has 0 bridgehead atoms. The molecule has 6 heteroatoms. The van der Waals surface area contributed by atoms with Gasteiger partial charge in [-0.25, -0.2) is 4.68 Å². The van der Waals surface area contributed by atoms with Crippen LogP contribution in [0.15, 0.2) is 42.6 Å². The van der Waals surface area contributed by atoms with Crippen molar-refractivity contribution in [2.45, 2.75) is 20.0 Å². The Morgan fingerprint density at radius 3 is 2.77 bits per heavy atom. The van der Waals surface area contributed by atoms with Crippen molar-refractivity contribution >= 4 is 11.7 Å².